The van der Waals surface area contributed by atoms with Crippen LogP contribution in [0.3, 0.4) is 0 Å². The molecule has 1 atom stereocenters. The highest BCUT2D eigenvalue weighted by Crippen LogP contribution is 2.39. The highest BCUT2D eigenvalue weighted by molar-refractivity contribution is 6.55. The molecule has 0 amide bonds. The number of benzene rings is 1. The van der Waals surface area contributed by atoms with E-state index in [2.05, 4.69) is 73.9 Å². The Balaban J connectivity index is 1.42. The van der Waals surface area contributed by atoms with Crippen LogP contribution in [0.2, 0.25) is 0 Å². The van der Waals surface area contributed by atoms with E-state index < -0.39 is 0 Å². The standard InChI is InChI=1S/C20H29BN2O2/c1-19(2)20(3,4)25-21(24-19)17-12-18-15-22(10-11-23(18)14-17)13-16-8-6-5-7-9-16/h5-9,12,18H,10-11,13-15H2,1-4H3/t18-/m0/s1. The van der Waals surface area contributed by atoms with Crippen molar-refractivity contribution in [1.82, 2.24) is 9.80 Å². The van der Waals surface area contributed by atoms with E-state index in [0.717, 1.165) is 32.7 Å². The molecule has 5 heteroatoms. The summed E-state index contributed by atoms with van der Waals surface area (Å²) >= 11 is 0. The maximum Gasteiger partial charge on any atom is 0.491 e. The van der Waals surface area contributed by atoms with Gasteiger partial charge in [-0.05, 0) is 38.7 Å². The number of nitrogens with zero attached hydrogens (tertiary/aromatic N) is 2. The van der Waals surface area contributed by atoms with Gasteiger partial charge in [0.15, 0.2) is 0 Å². The lowest BCUT2D eigenvalue weighted by atomic mass is 9.78. The molecule has 3 aliphatic rings. The van der Waals surface area contributed by atoms with Gasteiger partial charge in [0.05, 0.1) is 11.2 Å². The van der Waals surface area contributed by atoms with E-state index in [1.54, 1.807) is 0 Å². The Morgan fingerprint density at radius 1 is 1.04 bits per heavy atom. The van der Waals surface area contributed by atoms with E-state index in [1.165, 1.54) is 11.0 Å². The van der Waals surface area contributed by atoms with Gasteiger partial charge in [-0.1, -0.05) is 36.4 Å². The monoisotopic (exact) mass is 340 g/mol. The number of hydrogen-bond acceptors (Lipinski definition) is 4. The van der Waals surface area contributed by atoms with Crippen LogP contribution in [0.25, 0.3) is 0 Å². The Morgan fingerprint density at radius 3 is 2.40 bits per heavy atom. The van der Waals surface area contributed by atoms with E-state index in [1.807, 2.05) is 0 Å². The first-order valence-corrected chi connectivity index (χ1v) is 9.41. The maximum atomic E-state index is 6.25. The van der Waals surface area contributed by atoms with Gasteiger partial charge in [0.1, 0.15) is 0 Å². The van der Waals surface area contributed by atoms with Gasteiger partial charge in [0.2, 0.25) is 0 Å². The Kier molecular flexibility index (Phi) is 4.31. The van der Waals surface area contributed by atoms with Crippen LogP contribution in [0.4, 0.5) is 0 Å². The molecule has 0 bridgehead atoms. The van der Waals surface area contributed by atoms with Crippen molar-refractivity contribution in [3.05, 3.63) is 47.4 Å². The molecular weight excluding hydrogens is 311 g/mol. The van der Waals surface area contributed by atoms with Gasteiger partial charge in [-0.25, -0.2) is 0 Å². The number of fused-ring (bicyclic) bond motifs is 1. The van der Waals surface area contributed by atoms with Crippen LogP contribution < -0.4 is 0 Å². The average Bonchev–Trinajstić information content (AvgIpc) is 3.06. The molecule has 4 nitrogen and oxygen atoms in total. The Labute approximate surface area is 151 Å². The highest BCUT2D eigenvalue weighted by Gasteiger charge is 2.53. The molecule has 0 radical (unpaired) electrons. The van der Waals surface area contributed by atoms with Crippen LogP contribution in [-0.4, -0.2) is 60.3 Å². The van der Waals surface area contributed by atoms with Crippen molar-refractivity contribution in [2.45, 2.75) is 51.5 Å². The quantitative estimate of drug-likeness (QED) is 0.790. The number of hydrogen-bond donors (Lipinski definition) is 0. The van der Waals surface area contributed by atoms with Gasteiger partial charge in [0, 0.05) is 38.8 Å². The zero-order valence-corrected chi connectivity index (χ0v) is 15.9. The van der Waals surface area contributed by atoms with Gasteiger partial charge >= 0.3 is 7.12 Å². The summed E-state index contributed by atoms with van der Waals surface area (Å²) in [6, 6.07) is 11.2. The van der Waals surface area contributed by atoms with Crippen molar-refractivity contribution in [3.63, 3.8) is 0 Å². The minimum absolute atomic E-state index is 0.196. The number of rotatable bonds is 3. The van der Waals surface area contributed by atoms with Crippen LogP contribution in [0.1, 0.15) is 33.3 Å². The second-order valence-electron chi connectivity index (χ2n) is 8.59. The molecule has 3 heterocycles. The molecule has 1 aromatic carbocycles. The molecular formula is C20H29BN2O2. The Morgan fingerprint density at radius 2 is 1.72 bits per heavy atom. The zero-order valence-electron chi connectivity index (χ0n) is 15.9. The summed E-state index contributed by atoms with van der Waals surface area (Å²) in [6.07, 6.45) is 2.39. The van der Waals surface area contributed by atoms with Crippen molar-refractivity contribution in [2.75, 3.05) is 26.2 Å². The molecule has 2 saturated heterocycles. The fourth-order valence-corrected chi connectivity index (χ4v) is 3.93. The molecule has 0 unspecified atom stereocenters. The zero-order chi connectivity index (χ0) is 17.7. The fraction of sp³-hybridized carbons (Fsp3) is 0.600. The van der Waals surface area contributed by atoms with Crippen LogP contribution in [0.15, 0.2) is 41.9 Å². The SMILES string of the molecule is CC1(C)OB(C2=C[C@H]3CN(Cc4ccccc4)CCN3C2)OC1(C)C. The van der Waals surface area contributed by atoms with Crippen molar-refractivity contribution >= 4 is 7.12 Å². The molecule has 0 N–H and O–H groups in total. The van der Waals surface area contributed by atoms with Gasteiger partial charge in [-0.3, -0.25) is 9.80 Å². The Bertz CT molecular complexity index is 643. The molecule has 134 valence electrons. The van der Waals surface area contributed by atoms with Gasteiger partial charge in [0.25, 0.3) is 0 Å². The van der Waals surface area contributed by atoms with Crippen LogP contribution >= 0.6 is 0 Å². The van der Waals surface area contributed by atoms with Crippen molar-refractivity contribution < 1.29 is 9.31 Å². The molecule has 0 aromatic heterocycles. The lowest BCUT2D eigenvalue weighted by molar-refractivity contribution is 0.00578. The molecule has 25 heavy (non-hydrogen) atoms. The summed E-state index contributed by atoms with van der Waals surface area (Å²) in [6.45, 7) is 13.8. The van der Waals surface area contributed by atoms with E-state index >= 15 is 0 Å². The Hall–Kier alpha value is -1.14. The van der Waals surface area contributed by atoms with Gasteiger partial charge in [-0.15, -0.1) is 0 Å². The van der Waals surface area contributed by atoms with Gasteiger partial charge < -0.3 is 9.31 Å². The molecule has 0 saturated carbocycles. The molecule has 2 fully saturated rings. The summed E-state index contributed by atoms with van der Waals surface area (Å²) in [5.74, 6) is 0. The second-order valence-corrected chi connectivity index (χ2v) is 8.59. The predicted octanol–water partition coefficient (Wildman–Crippen LogP) is 2.74. The van der Waals surface area contributed by atoms with E-state index in [9.17, 15) is 0 Å². The lowest BCUT2D eigenvalue weighted by Crippen LogP contribution is -2.50. The number of piperazine rings is 1. The molecule has 4 rings (SSSR count). The third-order valence-electron chi connectivity index (χ3n) is 6.21. The summed E-state index contributed by atoms with van der Waals surface area (Å²) < 4.78 is 12.5. The summed E-state index contributed by atoms with van der Waals surface area (Å²) in [5, 5.41) is 0. The lowest BCUT2D eigenvalue weighted by Gasteiger charge is -2.37. The fourth-order valence-electron chi connectivity index (χ4n) is 3.93. The summed E-state index contributed by atoms with van der Waals surface area (Å²) in [7, 11) is -0.196. The first kappa shape index (κ1) is 17.3. The summed E-state index contributed by atoms with van der Waals surface area (Å²) in [4.78, 5) is 5.11. The average molecular weight is 340 g/mol. The van der Waals surface area contributed by atoms with E-state index in [-0.39, 0.29) is 18.3 Å². The van der Waals surface area contributed by atoms with Crippen molar-refractivity contribution in [1.29, 1.82) is 0 Å². The molecule has 1 aromatic rings. The molecule has 0 spiro atoms. The third kappa shape index (κ3) is 3.31. The van der Waals surface area contributed by atoms with Crippen LogP contribution in [-0.2, 0) is 15.9 Å². The first-order valence-electron chi connectivity index (χ1n) is 9.41. The normalized spacial score (nSPS) is 28.9. The second kappa shape index (κ2) is 6.24. The van der Waals surface area contributed by atoms with Crippen molar-refractivity contribution in [2.24, 2.45) is 0 Å². The summed E-state index contributed by atoms with van der Waals surface area (Å²) in [5.41, 5.74) is 2.16. The largest absolute Gasteiger partial charge is 0.491 e. The smallest absolute Gasteiger partial charge is 0.400 e. The highest BCUT2D eigenvalue weighted by atomic mass is 16.7. The topological polar surface area (TPSA) is 24.9 Å². The van der Waals surface area contributed by atoms with Crippen molar-refractivity contribution in [3.8, 4) is 0 Å². The third-order valence-corrected chi connectivity index (χ3v) is 6.21. The first-order chi connectivity index (χ1) is 11.8. The minimum Gasteiger partial charge on any atom is -0.400 e. The maximum absolute atomic E-state index is 6.25. The molecule has 3 aliphatic heterocycles. The predicted molar refractivity (Wildman–Crippen MR) is 101 cm³/mol. The van der Waals surface area contributed by atoms with Crippen LogP contribution in [0.5, 0.6) is 0 Å². The van der Waals surface area contributed by atoms with E-state index in [0.29, 0.717) is 6.04 Å². The van der Waals surface area contributed by atoms with Gasteiger partial charge in [-0.2, -0.15) is 0 Å². The van der Waals surface area contributed by atoms with Crippen LogP contribution in [0, 0.1) is 0 Å². The minimum atomic E-state index is -0.263. The van der Waals surface area contributed by atoms with E-state index in [4.69, 9.17) is 9.31 Å². The molecule has 0 aliphatic carbocycles.